The molecule has 0 unspecified atom stereocenters. The highest BCUT2D eigenvalue weighted by Gasteiger charge is 2.18. The first-order valence-electron chi connectivity index (χ1n) is 7.27. The van der Waals surface area contributed by atoms with Crippen LogP contribution in [0.25, 0.3) is 10.9 Å². The van der Waals surface area contributed by atoms with Crippen molar-refractivity contribution in [2.24, 2.45) is 0 Å². The van der Waals surface area contributed by atoms with Gasteiger partial charge in [0.25, 0.3) is 0 Å². The topological polar surface area (TPSA) is 40.5 Å². The number of rotatable bonds is 6. The quantitative estimate of drug-likeness (QED) is 0.418. The summed E-state index contributed by atoms with van der Waals surface area (Å²) >= 11 is 3.52. The van der Waals surface area contributed by atoms with Crippen molar-refractivity contribution in [1.82, 2.24) is 4.57 Å². The Hall–Kier alpha value is -1.11. The van der Waals surface area contributed by atoms with Crippen LogP contribution in [0.1, 0.15) is 10.5 Å². The number of hydrogen-bond donors (Lipinski definition) is 0. The van der Waals surface area contributed by atoms with Crippen molar-refractivity contribution < 1.29 is 14.3 Å². The highest BCUT2D eigenvalue weighted by atomic mass is 79.9. The molecule has 0 spiro atoms. The number of carbonyl (C=O) groups excluding carboxylic acids is 1. The van der Waals surface area contributed by atoms with Gasteiger partial charge in [0, 0.05) is 24.5 Å². The van der Waals surface area contributed by atoms with E-state index in [9.17, 15) is 4.79 Å². The van der Waals surface area contributed by atoms with E-state index in [2.05, 4.69) is 35.6 Å². The predicted octanol–water partition coefficient (Wildman–Crippen LogP) is 4.50. The van der Waals surface area contributed by atoms with E-state index < -0.39 is 8.07 Å². The monoisotopic (exact) mass is 383 g/mol. The summed E-state index contributed by atoms with van der Waals surface area (Å²) in [5.41, 5.74) is 1.47. The lowest BCUT2D eigenvalue weighted by Crippen LogP contribution is -2.22. The maximum absolute atomic E-state index is 12.0. The molecule has 0 saturated carbocycles. The summed E-state index contributed by atoms with van der Waals surface area (Å²) in [5, 5.41) is 0.983. The molecule has 0 aliphatic rings. The van der Waals surface area contributed by atoms with Gasteiger partial charge in [-0.1, -0.05) is 41.6 Å². The van der Waals surface area contributed by atoms with Crippen LogP contribution in [0.4, 0.5) is 0 Å². The molecule has 0 radical (unpaired) electrons. The first-order valence-corrected chi connectivity index (χ1v) is 11.8. The maximum atomic E-state index is 12.0. The van der Waals surface area contributed by atoms with Crippen LogP contribution in [0.5, 0.6) is 0 Å². The second-order valence-corrected chi connectivity index (χ2v) is 12.9. The fourth-order valence-electron chi connectivity index (χ4n) is 2.20. The van der Waals surface area contributed by atoms with Crippen molar-refractivity contribution in [3.05, 3.63) is 34.4 Å². The summed E-state index contributed by atoms with van der Waals surface area (Å²) in [5.74, 6) is -0.350. The summed E-state index contributed by atoms with van der Waals surface area (Å²) in [4.78, 5) is 12.0. The Labute approximate surface area is 140 Å². The molecule has 0 aliphatic heterocycles. The number of nitrogens with zero attached hydrogens (tertiary/aromatic N) is 1. The predicted molar refractivity (Wildman–Crippen MR) is 95.1 cm³/mol. The molecule has 22 heavy (non-hydrogen) atoms. The number of hydrogen-bond acceptors (Lipinski definition) is 3. The van der Waals surface area contributed by atoms with Crippen molar-refractivity contribution in [2.45, 2.75) is 32.4 Å². The molecule has 2 aromatic rings. The second kappa shape index (κ2) is 6.98. The van der Waals surface area contributed by atoms with Gasteiger partial charge in [0.2, 0.25) is 0 Å². The minimum atomic E-state index is -1.12. The Morgan fingerprint density at radius 2 is 2.05 bits per heavy atom. The Morgan fingerprint density at radius 1 is 1.32 bits per heavy atom. The second-order valence-electron chi connectivity index (χ2n) is 6.47. The Balaban J connectivity index is 2.26. The zero-order valence-corrected chi connectivity index (χ0v) is 16.1. The van der Waals surface area contributed by atoms with Gasteiger partial charge < -0.3 is 14.0 Å². The minimum Gasteiger partial charge on any atom is -0.464 e. The molecular weight excluding hydrogens is 362 g/mol. The first-order chi connectivity index (χ1) is 10.3. The van der Waals surface area contributed by atoms with Gasteiger partial charge in [-0.25, -0.2) is 4.79 Å². The van der Waals surface area contributed by atoms with Crippen molar-refractivity contribution in [1.29, 1.82) is 0 Å². The highest BCUT2D eigenvalue weighted by Crippen LogP contribution is 2.28. The molecule has 0 aliphatic carbocycles. The molecule has 0 fully saturated rings. The van der Waals surface area contributed by atoms with Crippen LogP contribution in [-0.2, 0) is 16.2 Å². The van der Waals surface area contributed by atoms with Crippen molar-refractivity contribution >= 4 is 40.9 Å². The SMILES string of the molecule is COC(=O)c1cc2c(Br)cccc2n1COCC[Si](C)(C)C. The molecule has 1 heterocycles. The van der Waals surface area contributed by atoms with Crippen molar-refractivity contribution in [3.8, 4) is 0 Å². The third-order valence-electron chi connectivity index (χ3n) is 3.50. The van der Waals surface area contributed by atoms with Crippen molar-refractivity contribution in [3.63, 3.8) is 0 Å². The Morgan fingerprint density at radius 3 is 2.68 bits per heavy atom. The van der Waals surface area contributed by atoms with Crippen molar-refractivity contribution in [2.75, 3.05) is 13.7 Å². The standard InChI is InChI=1S/C16H22BrNO3Si/c1-20-16(19)15-10-12-13(17)6-5-7-14(12)18(15)11-21-8-9-22(2,3)4/h5-7,10H,8-9,11H2,1-4H3. The number of ether oxygens (including phenoxy) is 2. The summed E-state index contributed by atoms with van der Waals surface area (Å²) < 4.78 is 13.5. The lowest BCUT2D eigenvalue weighted by Gasteiger charge is -2.16. The zero-order valence-electron chi connectivity index (χ0n) is 13.5. The number of carbonyl (C=O) groups is 1. The molecule has 0 atom stereocenters. The van der Waals surface area contributed by atoms with E-state index in [1.807, 2.05) is 28.8 Å². The summed E-state index contributed by atoms with van der Waals surface area (Å²) in [6, 6.07) is 8.83. The summed E-state index contributed by atoms with van der Waals surface area (Å²) in [6.45, 7) is 8.02. The van der Waals surface area contributed by atoms with Crippen LogP contribution < -0.4 is 0 Å². The van der Waals surface area contributed by atoms with Crippen LogP contribution in [0.2, 0.25) is 25.7 Å². The lowest BCUT2D eigenvalue weighted by atomic mass is 10.2. The Bertz CT molecular complexity index is 676. The van der Waals surface area contributed by atoms with E-state index in [1.54, 1.807) is 0 Å². The average molecular weight is 384 g/mol. The molecule has 2 rings (SSSR count). The van der Waals surface area contributed by atoms with E-state index >= 15 is 0 Å². The van der Waals surface area contributed by atoms with E-state index in [-0.39, 0.29) is 5.97 Å². The highest BCUT2D eigenvalue weighted by molar-refractivity contribution is 9.10. The third kappa shape index (κ3) is 4.00. The molecule has 0 saturated heterocycles. The normalized spacial score (nSPS) is 11.9. The van der Waals surface area contributed by atoms with E-state index in [0.717, 1.165) is 21.4 Å². The van der Waals surface area contributed by atoms with Gasteiger partial charge in [0.05, 0.1) is 12.6 Å². The summed E-state index contributed by atoms with van der Waals surface area (Å²) in [6.07, 6.45) is 0. The zero-order chi connectivity index (χ0) is 16.3. The molecule has 0 N–H and O–H groups in total. The Kier molecular flexibility index (Phi) is 5.47. The largest absolute Gasteiger partial charge is 0.464 e. The minimum absolute atomic E-state index is 0.350. The van der Waals surface area contributed by atoms with Crippen LogP contribution in [0.3, 0.4) is 0 Å². The van der Waals surface area contributed by atoms with Gasteiger partial charge in [-0.3, -0.25) is 0 Å². The van der Waals surface area contributed by atoms with Gasteiger partial charge in [-0.05, 0) is 24.2 Å². The number of methoxy groups -OCH3 is 1. The molecule has 1 aromatic carbocycles. The lowest BCUT2D eigenvalue weighted by molar-refractivity contribution is 0.0546. The molecular formula is C16H22BrNO3Si. The molecule has 0 bridgehead atoms. The fraction of sp³-hybridized carbons (Fsp3) is 0.438. The molecule has 0 amide bonds. The number of halogens is 1. The van der Waals surface area contributed by atoms with Crippen LogP contribution in [0, 0.1) is 0 Å². The third-order valence-corrected chi connectivity index (χ3v) is 5.90. The molecule has 6 heteroatoms. The molecule has 4 nitrogen and oxygen atoms in total. The average Bonchev–Trinajstić information content (AvgIpc) is 2.82. The molecule has 120 valence electrons. The van der Waals surface area contributed by atoms with Crippen LogP contribution in [0.15, 0.2) is 28.7 Å². The van der Waals surface area contributed by atoms with E-state index in [1.165, 1.54) is 7.11 Å². The van der Waals surface area contributed by atoms with Gasteiger partial charge in [-0.15, -0.1) is 0 Å². The number of aromatic nitrogens is 1. The van der Waals surface area contributed by atoms with Gasteiger partial charge in [0.1, 0.15) is 12.4 Å². The smallest absolute Gasteiger partial charge is 0.354 e. The number of benzene rings is 1. The van der Waals surface area contributed by atoms with Crippen LogP contribution in [-0.4, -0.2) is 32.3 Å². The van der Waals surface area contributed by atoms with Gasteiger partial charge >= 0.3 is 5.97 Å². The van der Waals surface area contributed by atoms with Gasteiger partial charge in [0.15, 0.2) is 0 Å². The molecule has 1 aromatic heterocycles. The maximum Gasteiger partial charge on any atom is 0.354 e. The number of fused-ring (bicyclic) bond motifs is 1. The van der Waals surface area contributed by atoms with Gasteiger partial charge in [-0.2, -0.15) is 0 Å². The summed E-state index contributed by atoms with van der Waals surface area (Å²) in [7, 11) is 0.277. The first kappa shape index (κ1) is 17.2. The number of esters is 1. The van der Waals surface area contributed by atoms with E-state index in [0.29, 0.717) is 19.0 Å². The van der Waals surface area contributed by atoms with E-state index in [4.69, 9.17) is 9.47 Å². The van der Waals surface area contributed by atoms with Crippen LogP contribution >= 0.6 is 15.9 Å². The fourth-order valence-corrected chi connectivity index (χ4v) is 3.42.